The number of hydrogen-bond donors (Lipinski definition) is 1. The van der Waals surface area contributed by atoms with E-state index in [1.807, 2.05) is 28.9 Å². The third kappa shape index (κ3) is 3.54. The molecule has 21 heavy (non-hydrogen) atoms. The monoisotopic (exact) mass is 288 g/mol. The van der Waals surface area contributed by atoms with Crippen LogP contribution in [0.25, 0.3) is 5.65 Å². The number of pyridine rings is 1. The summed E-state index contributed by atoms with van der Waals surface area (Å²) in [6, 6.07) is 3.99. The highest BCUT2D eigenvalue weighted by Crippen LogP contribution is 2.19. The zero-order chi connectivity index (χ0) is 14.5. The van der Waals surface area contributed by atoms with Gasteiger partial charge in [-0.2, -0.15) is 0 Å². The lowest BCUT2D eigenvalue weighted by Crippen LogP contribution is -2.33. The van der Waals surface area contributed by atoms with Crippen LogP contribution in [0.3, 0.4) is 0 Å². The lowest BCUT2D eigenvalue weighted by atomic mass is 10.1. The van der Waals surface area contributed by atoms with Crippen molar-refractivity contribution in [3.05, 3.63) is 30.2 Å². The number of hydrogen-bond acceptors (Lipinski definition) is 4. The third-order valence-corrected chi connectivity index (χ3v) is 4.01. The molecule has 0 spiro atoms. The van der Waals surface area contributed by atoms with E-state index in [1.165, 1.54) is 32.4 Å². The highest BCUT2D eigenvalue weighted by Gasteiger charge is 2.11. The fraction of sp³-hybridized carbons (Fsp3) is 0.562. The molecule has 1 aliphatic heterocycles. The standard InChI is InChI=1S/C16H24N4O/c17-7-6-14-13-20-10-4-5-15(16(20)18-14)21-12-11-19-8-2-1-3-9-19/h4-5,10,13H,1-3,6-9,11-12,17H2. The van der Waals surface area contributed by atoms with Gasteiger partial charge in [-0.25, -0.2) is 4.98 Å². The minimum Gasteiger partial charge on any atom is -0.488 e. The van der Waals surface area contributed by atoms with Crippen LogP contribution in [0.4, 0.5) is 0 Å². The number of ether oxygens (including phenoxy) is 1. The van der Waals surface area contributed by atoms with E-state index >= 15 is 0 Å². The summed E-state index contributed by atoms with van der Waals surface area (Å²) in [5.74, 6) is 0.859. The Morgan fingerprint density at radius 3 is 2.90 bits per heavy atom. The average Bonchev–Trinajstić information content (AvgIpc) is 2.92. The quantitative estimate of drug-likeness (QED) is 0.879. The first-order valence-electron chi connectivity index (χ1n) is 7.88. The Labute approximate surface area is 125 Å². The van der Waals surface area contributed by atoms with Gasteiger partial charge in [0.2, 0.25) is 0 Å². The number of piperidine rings is 1. The van der Waals surface area contributed by atoms with E-state index < -0.39 is 0 Å². The zero-order valence-corrected chi connectivity index (χ0v) is 12.5. The molecule has 114 valence electrons. The van der Waals surface area contributed by atoms with E-state index in [9.17, 15) is 0 Å². The van der Waals surface area contributed by atoms with Crippen molar-refractivity contribution < 1.29 is 4.74 Å². The number of nitrogens with two attached hydrogens (primary N) is 1. The zero-order valence-electron chi connectivity index (χ0n) is 12.5. The predicted octanol–water partition coefficient (Wildman–Crippen LogP) is 1.70. The Morgan fingerprint density at radius 1 is 1.24 bits per heavy atom. The van der Waals surface area contributed by atoms with Gasteiger partial charge in [0.1, 0.15) is 6.61 Å². The van der Waals surface area contributed by atoms with Gasteiger partial charge in [0, 0.05) is 25.4 Å². The third-order valence-electron chi connectivity index (χ3n) is 4.01. The number of nitrogens with zero attached hydrogens (tertiary/aromatic N) is 3. The van der Waals surface area contributed by atoms with Crippen molar-refractivity contribution in [2.45, 2.75) is 25.7 Å². The minimum absolute atomic E-state index is 0.620. The second-order valence-electron chi connectivity index (χ2n) is 5.62. The van der Waals surface area contributed by atoms with E-state index in [4.69, 9.17) is 10.5 Å². The van der Waals surface area contributed by atoms with Gasteiger partial charge in [-0.1, -0.05) is 6.42 Å². The summed E-state index contributed by atoms with van der Waals surface area (Å²) in [5.41, 5.74) is 7.50. The van der Waals surface area contributed by atoms with E-state index in [1.54, 1.807) is 0 Å². The number of likely N-dealkylation sites (tertiary alicyclic amines) is 1. The molecule has 1 fully saturated rings. The molecule has 2 aromatic rings. The fourth-order valence-corrected chi connectivity index (χ4v) is 2.89. The van der Waals surface area contributed by atoms with Gasteiger partial charge in [0.15, 0.2) is 11.4 Å². The Kier molecular flexibility index (Phi) is 4.72. The maximum atomic E-state index is 5.96. The van der Waals surface area contributed by atoms with Crippen LogP contribution in [-0.4, -0.2) is 47.1 Å². The average molecular weight is 288 g/mol. The van der Waals surface area contributed by atoms with Crippen molar-refractivity contribution >= 4 is 5.65 Å². The van der Waals surface area contributed by atoms with Crippen LogP contribution in [0.5, 0.6) is 5.75 Å². The molecule has 1 saturated heterocycles. The molecule has 0 aromatic carbocycles. The van der Waals surface area contributed by atoms with E-state index in [0.717, 1.165) is 36.7 Å². The summed E-state index contributed by atoms with van der Waals surface area (Å²) in [4.78, 5) is 7.09. The molecule has 0 amide bonds. The molecule has 0 radical (unpaired) electrons. The second kappa shape index (κ2) is 6.91. The molecule has 3 heterocycles. The molecule has 0 atom stereocenters. The molecule has 0 unspecified atom stereocenters. The molecule has 0 saturated carbocycles. The lowest BCUT2D eigenvalue weighted by molar-refractivity contribution is 0.184. The van der Waals surface area contributed by atoms with Gasteiger partial charge in [-0.15, -0.1) is 0 Å². The van der Waals surface area contributed by atoms with Crippen molar-refractivity contribution in [1.29, 1.82) is 0 Å². The summed E-state index contributed by atoms with van der Waals surface area (Å²) in [5, 5.41) is 0. The molecule has 0 aliphatic carbocycles. The Bertz CT molecular complexity index is 575. The molecular formula is C16H24N4O. The molecule has 0 bridgehead atoms. The van der Waals surface area contributed by atoms with Crippen molar-refractivity contribution in [2.75, 3.05) is 32.8 Å². The van der Waals surface area contributed by atoms with Gasteiger partial charge in [0.25, 0.3) is 0 Å². The summed E-state index contributed by atoms with van der Waals surface area (Å²) < 4.78 is 7.97. The molecule has 1 aliphatic rings. The van der Waals surface area contributed by atoms with Gasteiger partial charge >= 0.3 is 0 Å². The minimum atomic E-state index is 0.620. The first-order chi connectivity index (χ1) is 10.4. The van der Waals surface area contributed by atoms with Crippen LogP contribution in [0, 0.1) is 0 Å². The predicted molar refractivity (Wildman–Crippen MR) is 83.7 cm³/mol. The molecule has 2 N–H and O–H groups in total. The van der Waals surface area contributed by atoms with Crippen LogP contribution in [-0.2, 0) is 6.42 Å². The maximum absolute atomic E-state index is 5.96. The lowest BCUT2D eigenvalue weighted by Gasteiger charge is -2.26. The normalized spacial score (nSPS) is 16.4. The van der Waals surface area contributed by atoms with Crippen molar-refractivity contribution in [3.63, 3.8) is 0 Å². The van der Waals surface area contributed by atoms with Crippen molar-refractivity contribution in [3.8, 4) is 5.75 Å². The summed E-state index contributed by atoms with van der Waals surface area (Å²) in [6.45, 7) is 4.75. The number of aromatic nitrogens is 2. The fourth-order valence-electron chi connectivity index (χ4n) is 2.89. The van der Waals surface area contributed by atoms with Crippen LogP contribution < -0.4 is 10.5 Å². The number of fused-ring (bicyclic) bond motifs is 1. The van der Waals surface area contributed by atoms with Gasteiger partial charge in [-0.05, 0) is 44.6 Å². The Balaban J connectivity index is 1.62. The SMILES string of the molecule is NCCc1cn2cccc(OCCN3CCCCC3)c2n1. The van der Waals surface area contributed by atoms with E-state index in [2.05, 4.69) is 9.88 Å². The van der Waals surface area contributed by atoms with Crippen LogP contribution in [0.15, 0.2) is 24.5 Å². The first-order valence-corrected chi connectivity index (χ1v) is 7.88. The largest absolute Gasteiger partial charge is 0.488 e. The van der Waals surface area contributed by atoms with Crippen molar-refractivity contribution in [1.82, 2.24) is 14.3 Å². The van der Waals surface area contributed by atoms with Crippen molar-refractivity contribution in [2.24, 2.45) is 5.73 Å². The van der Waals surface area contributed by atoms with Crippen LogP contribution >= 0.6 is 0 Å². The highest BCUT2D eigenvalue weighted by atomic mass is 16.5. The molecule has 5 heteroatoms. The topological polar surface area (TPSA) is 55.8 Å². The maximum Gasteiger partial charge on any atom is 0.179 e. The molecular weight excluding hydrogens is 264 g/mol. The Hall–Kier alpha value is -1.59. The molecule has 3 rings (SSSR count). The van der Waals surface area contributed by atoms with Gasteiger partial charge < -0.3 is 14.9 Å². The van der Waals surface area contributed by atoms with Gasteiger partial charge in [-0.3, -0.25) is 4.90 Å². The summed E-state index contributed by atoms with van der Waals surface area (Å²) in [6.07, 6.45) is 8.83. The second-order valence-corrected chi connectivity index (χ2v) is 5.62. The molecule has 2 aromatic heterocycles. The molecule has 5 nitrogen and oxygen atoms in total. The smallest absolute Gasteiger partial charge is 0.179 e. The van der Waals surface area contributed by atoms with E-state index in [0.29, 0.717) is 6.54 Å². The Morgan fingerprint density at radius 2 is 2.10 bits per heavy atom. The van der Waals surface area contributed by atoms with Crippen LogP contribution in [0.2, 0.25) is 0 Å². The van der Waals surface area contributed by atoms with Gasteiger partial charge in [0.05, 0.1) is 5.69 Å². The van der Waals surface area contributed by atoms with Crippen LogP contribution in [0.1, 0.15) is 25.0 Å². The first kappa shape index (κ1) is 14.4. The summed E-state index contributed by atoms with van der Waals surface area (Å²) >= 11 is 0. The number of imidazole rings is 1. The number of rotatable bonds is 6. The van der Waals surface area contributed by atoms with E-state index in [-0.39, 0.29) is 0 Å². The summed E-state index contributed by atoms with van der Waals surface area (Å²) in [7, 11) is 0. The highest BCUT2D eigenvalue weighted by molar-refractivity contribution is 5.54.